The van der Waals surface area contributed by atoms with Crippen LogP contribution < -0.4 is 0 Å². The van der Waals surface area contributed by atoms with Crippen molar-refractivity contribution in [1.82, 2.24) is 0 Å². The van der Waals surface area contributed by atoms with E-state index < -0.39 is 55.5 Å². The van der Waals surface area contributed by atoms with E-state index in [1.807, 2.05) is 0 Å². The minimum absolute atomic E-state index is 0.114. The highest BCUT2D eigenvalue weighted by atomic mass is 16.8. The maximum atomic E-state index is 11.8. The molecule has 0 aromatic heterocycles. The zero-order valence-corrected chi connectivity index (χ0v) is 13.2. The molecule has 0 aromatic rings. The highest BCUT2D eigenvalue weighted by molar-refractivity contribution is 5.94. The molecule has 9 nitrogen and oxygen atoms in total. The van der Waals surface area contributed by atoms with Crippen LogP contribution in [0.1, 0.15) is 0 Å². The first-order valence-corrected chi connectivity index (χ1v) is 7.79. The Morgan fingerprint density at radius 1 is 1.24 bits per heavy atom. The van der Waals surface area contributed by atoms with E-state index in [0.29, 0.717) is 5.57 Å². The minimum Gasteiger partial charge on any atom is -0.471 e. The van der Waals surface area contributed by atoms with E-state index in [1.165, 1.54) is 12.3 Å². The lowest BCUT2D eigenvalue weighted by Gasteiger charge is -2.42. The van der Waals surface area contributed by atoms with Gasteiger partial charge in [-0.2, -0.15) is 0 Å². The molecule has 0 aliphatic carbocycles. The summed E-state index contributed by atoms with van der Waals surface area (Å²) in [6, 6.07) is 0. The quantitative estimate of drug-likeness (QED) is 0.344. The van der Waals surface area contributed by atoms with Gasteiger partial charge in [0.15, 0.2) is 6.29 Å². The number of aliphatic hydroxyl groups excluding tert-OH is 4. The summed E-state index contributed by atoms with van der Waals surface area (Å²) in [5, 5.41) is 38.9. The third kappa shape index (κ3) is 3.22. The number of esters is 1. The molecule has 25 heavy (non-hydrogen) atoms. The van der Waals surface area contributed by atoms with Gasteiger partial charge in [0.25, 0.3) is 0 Å². The molecule has 3 heterocycles. The van der Waals surface area contributed by atoms with E-state index in [9.17, 15) is 25.2 Å². The largest absolute Gasteiger partial charge is 0.471 e. The van der Waals surface area contributed by atoms with Gasteiger partial charge in [0, 0.05) is 0 Å². The average Bonchev–Trinajstić information content (AvgIpc) is 2.62. The number of hydrogen-bond acceptors (Lipinski definition) is 9. The fraction of sp³-hybridized carbons (Fsp3) is 0.562. The third-order valence-electron chi connectivity index (χ3n) is 4.39. The highest BCUT2D eigenvalue weighted by Crippen LogP contribution is 2.35. The van der Waals surface area contributed by atoms with Gasteiger partial charge in [0.1, 0.15) is 37.3 Å². The first kappa shape index (κ1) is 18.1. The molecule has 0 spiro atoms. The molecule has 0 unspecified atom stereocenters. The molecule has 4 N–H and O–H groups in total. The van der Waals surface area contributed by atoms with E-state index in [-0.39, 0.29) is 12.2 Å². The molecule has 0 saturated carbocycles. The lowest BCUT2D eigenvalue weighted by atomic mass is 9.89. The SMILES string of the molecule is C=C[C@H]1C2=CCOC(=O)C2=CO[C@@H]1O[C@H]1O[C@@H](CO)[C@H](O)[C@@H](O)[C@@H]1O. The zero-order chi connectivity index (χ0) is 18.1. The number of hydrogen-bond donors (Lipinski definition) is 4. The molecule has 1 fully saturated rings. The average molecular weight is 356 g/mol. The number of ether oxygens (including phenoxy) is 4. The lowest BCUT2D eigenvalue weighted by Crippen LogP contribution is -2.60. The maximum Gasteiger partial charge on any atom is 0.341 e. The molecular formula is C16H20O9. The van der Waals surface area contributed by atoms with Crippen molar-refractivity contribution >= 4 is 5.97 Å². The lowest BCUT2D eigenvalue weighted by molar-refractivity contribution is -0.336. The zero-order valence-electron chi connectivity index (χ0n) is 13.2. The Kier molecular flexibility index (Phi) is 5.23. The monoisotopic (exact) mass is 356 g/mol. The number of rotatable bonds is 4. The molecule has 9 heteroatoms. The number of carbonyl (C=O) groups is 1. The van der Waals surface area contributed by atoms with Crippen LogP contribution in [0.5, 0.6) is 0 Å². The Bertz CT molecular complexity index is 596. The van der Waals surface area contributed by atoms with E-state index in [4.69, 9.17) is 18.9 Å². The standard InChI is InChI=1S/C16H20O9/c1-2-7-8-3-4-22-14(21)9(8)6-23-15(7)25-16-13(20)12(19)11(18)10(5-17)24-16/h2-3,6-7,10-13,15-20H,1,4-5H2/t7-,10-,11-,12+,13-,15+,16+/m0/s1. The fourth-order valence-electron chi connectivity index (χ4n) is 2.98. The highest BCUT2D eigenvalue weighted by Gasteiger charge is 2.46. The summed E-state index contributed by atoms with van der Waals surface area (Å²) in [6.45, 7) is 3.25. The number of aliphatic hydroxyl groups is 4. The van der Waals surface area contributed by atoms with Crippen molar-refractivity contribution in [3.05, 3.63) is 36.1 Å². The molecule has 138 valence electrons. The summed E-state index contributed by atoms with van der Waals surface area (Å²) < 4.78 is 21.2. The van der Waals surface area contributed by atoms with Gasteiger partial charge in [0.2, 0.25) is 6.29 Å². The summed E-state index contributed by atoms with van der Waals surface area (Å²) in [7, 11) is 0. The van der Waals surface area contributed by atoms with Gasteiger partial charge in [-0.15, -0.1) is 6.58 Å². The Morgan fingerprint density at radius 3 is 2.68 bits per heavy atom. The van der Waals surface area contributed by atoms with E-state index in [2.05, 4.69) is 6.58 Å². The van der Waals surface area contributed by atoms with Gasteiger partial charge < -0.3 is 39.4 Å². The van der Waals surface area contributed by atoms with Gasteiger partial charge in [0.05, 0.1) is 18.1 Å². The first-order valence-electron chi connectivity index (χ1n) is 7.79. The molecule has 3 aliphatic rings. The normalized spacial score (nSPS) is 41.0. The van der Waals surface area contributed by atoms with Gasteiger partial charge in [-0.25, -0.2) is 4.79 Å². The third-order valence-corrected chi connectivity index (χ3v) is 4.39. The number of fused-ring (bicyclic) bond motifs is 1. The van der Waals surface area contributed by atoms with Crippen molar-refractivity contribution in [2.45, 2.75) is 37.0 Å². The Hall–Kier alpha value is -1.75. The van der Waals surface area contributed by atoms with Gasteiger partial charge in [-0.1, -0.05) is 6.08 Å². The van der Waals surface area contributed by atoms with E-state index >= 15 is 0 Å². The molecule has 0 radical (unpaired) electrons. The second-order valence-electron chi connectivity index (χ2n) is 5.89. The summed E-state index contributed by atoms with van der Waals surface area (Å²) in [5.41, 5.74) is 0.872. The van der Waals surface area contributed by atoms with Crippen molar-refractivity contribution < 1.29 is 44.2 Å². The summed E-state index contributed by atoms with van der Waals surface area (Å²) >= 11 is 0. The van der Waals surface area contributed by atoms with Crippen LogP contribution in [-0.4, -0.2) is 76.6 Å². The molecule has 7 atom stereocenters. The van der Waals surface area contributed by atoms with Gasteiger partial charge in [-0.05, 0) is 11.6 Å². The Labute approximate surface area is 143 Å². The molecule has 0 amide bonds. The number of carbonyl (C=O) groups excluding carboxylic acids is 1. The van der Waals surface area contributed by atoms with Crippen molar-refractivity contribution in [1.29, 1.82) is 0 Å². The van der Waals surface area contributed by atoms with Crippen LogP contribution in [0.3, 0.4) is 0 Å². The van der Waals surface area contributed by atoms with Crippen molar-refractivity contribution in [2.75, 3.05) is 13.2 Å². The first-order chi connectivity index (χ1) is 12.0. The van der Waals surface area contributed by atoms with E-state index in [0.717, 1.165) is 0 Å². The topological polar surface area (TPSA) is 135 Å². The summed E-state index contributed by atoms with van der Waals surface area (Å²) in [4.78, 5) is 11.8. The molecule has 3 aliphatic heterocycles. The molecular weight excluding hydrogens is 336 g/mol. The fourth-order valence-corrected chi connectivity index (χ4v) is 2.98. The minimum atomic E-state index is -1.56. The van der Waals surface area contributed by atoms with Crippen molar-refractivity contribution in [3.63, 3.8) is 0 Å². The van der Waals surface area contributed by atoms with Crippen molar-refractivity contribution in [2.24, 2.45) is 5.92 Å². The van der Waals surface area contributed by atoms with Crippen LogP contribution in [0, 0.1) is 5.92 Å². The summed E-state index contributed by atoms with van der Waals surface area (Å²) in [5.74, 6) is -1.06. The van der Waals surface area contributed by atoms with E-state index in [1.54, 1.807) is 6.08 Å². The van der Waals surface area contributed by atoms with Crippen LogP contribution in [0.25, 0.3) is 0 Å². The molecule has 0 aromatic carbocycles. The predicted molar refractivity (Wildman–Crippen MR) is 80.5 cm³/mol. The maximum absolute atomic E-state index is 11.8. The predicted octanol–water partition coefficient (Wildman–Crippen LogP) is -1.67. The second-order valence-corrected chi connectivity index (χ2v) is 5.89. The van der Waals surface area contributed by atoms with Crippen LogP contribution in [0.4, 0.5) is 0 Å². The van der Waals surface area contributed by atoms with Gasteiger partial charge in [-0.3, -0.25) is 0 Å². The smallest absolute Gasteiger partial charge is 0.341 e. The van der Waals surface area contributed by atoms with Crippen LogP contribution in [0.2, 0.25) is 0 Å². The molecule has 1 saturated heterocycles. The van der Waals surface area contributed by atoms with Crippen LogP contribution in [0.15, 0.2) is 36.1 Å². The number of cyclic esters (lactones) is 1. The summed E-state index contributed by atoms with van der Waals surface area (Å²) in [6.07, 6.45) is -3.61. The van der Waals surface area contributed by atoms with Gasteiger partial charge >= 0.3 is 5.97 Å². The van der Waals surface area contributed by atoms with Crippen LogP contribution in [-0.2, 0) is 23.7 Å². The second kappa shape index (κ2) is 7.24. The molecule has 0 bridgehead atoms. The Balaban J connectivity index is 1.78. The Morgan fingerprint density at radius 2 is 2.00 bits per heavy atom. The molecule has 3 rings (SSSR count). The van der Waals surface area contributed by atoms with Crippen molar-refractivity contribution in [3.8, 4) is 0 Å². The van der Waals surface area contributed by atoms with Crippen LogP contribution >= 0.6 is 0 Å².